The summed E-state index contributed by atoms with van der Waals surface area (Å²) in [6, 6.07) is 20.8. The molecule has 1 aliphatic heterocycles. The van der Waals surface area contributed by atoms with E-state index >= 15 is 0 Å². The Hall–Kier alpha value is -2.80. The highest BCUT2D eigenvalue weighted by Crippen LogP contribution is 2.52. The molecule has 3 nitrogen and oxygen atoms in total. The van der Waals surface area contributed by atoms with E-state index in [2.05, 4.69) is 118 Å². The normalized spacial score (nSPS) is 13.9. The van der Waals surface area contributed by atoms with E-state index in [1.807, 2.05) is 18.2 Å². The van der Waals surface area contributed by atoms with E-state index in [0.717, 1.165) is 47.9 Å². The molecule has 0 atom stereocenters. The summed E-state index contributed by atoms with van der Waals surface area (Å²) in [6.07, 6.45) is 0. The fraction of sp³-hybridized carbons (Fsp3) is 0.176. The number of hydrogen-bond acceptors (Lipinski definition) is 2. The van der Waals surface area contributed by atoms with Crippen molar-refractivity contribution in [3.05, 3.63) is 96.3 Å². The number of para-hydroxylation sites is 1. The largest absolute Gasteiger partial charge is 0.268 e. The molecule has 6 aromatic rings. The first-order valence-corrected chi connectivity index (χ1v) is 15.7. The van der Waals surface area contributed by atoms with Crippen LogP contribution < -0.4 is 4.90 Å². The Bertz CT molecular complexity index is 2060. The summed E-state index contributed by atoms with van der Waals surface area (Å²) in [4.78, 5) is 30.7. The zero-order chi connectivity index (χ0) is 28.2. The maximum absolute atomic E-state index is 14.7. The Morgan fingerprint density at radius 2 is 1.18 bits per heavy atom. The lowest BCUT2D eigenvalue weighted by Gasteiger charge is -2.34. The summed E-state index contributed by atoms with van der Waals surface area (Å²) in [7, 11) is 0. The summed E-state index contributed by atoms with van der Waals surface area (Å²) in [5, 5.41) is 8.14. The molecule has 0 aliphatic carbocycles. The van der Waals surface area contributed by atoms with E-state index in [1.165, 1.54) is 10.3 Å². The van der Waals surface area contributed by atoms with Crippen molar-refractivity contribution in [2.75, 3.05) is 4.90 Å². The molecule has 40 heavy (non-hydrogen) atoms. The van der Waals surface area contributed by atoms with Gasteiger partial charge in [0.15, 0.2) is 0 Å². The van der Waals surface area contributed by atoms with Gasteiger partial charge in [-0.15, -0.1) is 0 Å². The number of carbonyl (C=O) groups excluding carboxylic acids is 2. The standard InChI is InChI=1S/C34H24Br3NO2/c1-15(2)18-10-7-11-19(16(3)4)32(18)38-33(39)27-23(35)14-22-20-12-5-8-17-9-6-13-21(24(17)20)26-25(22)28(27)29(34(38)40)31(37)30(26)36/h5-16H,1-4H3. The molecule has 6 aromatic carbocycles. The SMILES string of the molecule is CC(C)c1cccc(C(C)C)c1N1C(=O)c2c(Br)cc3c4cccc5cccc(c6c(Br)c(Br)c(c2c36)C1=O)c54. The van der Waals surface area contributed by atoms with Gasteiger partial charge in [0.05, 0.1) is 16.8 Å². The van der Waals surface area contributed by atoms with Crippen LogP contribution in [0.3, 0.4) is 0 Å². The highest BCUT2D eigenvalue weighted by molar-refractivity contribution is 9.13. The highest BCUT2D eigenvalue weighted by Gasteiger charge is 2.41. The van der Waals surface area contributed by atoms with Crippen LogP contribution in [0, 0.1) is 0 Å². The Morgan fingerprint density at radius 3 is 1.80 bits per heavy atom. The van der Waals surface area contributed by atoms with Gasteiger partial charge in [-0.25, -0.2) is 4.90 Å². The smallest absolute Gasteiger partial charge is 0.267 e. The third-order valence-corrected chi connectivity index (χ3v) is 11.0. The van der Waals surface area contributed by atoms with Gasteiger partial charge in [-0.1, -0.05) is 82.3 Å². The molecule has 0 unspecified atom stereocenters. The average Bonchev–Trinajstić information content (AvgIpc) is 2.92. The third-order valence-electron chi connectivity index (χ3n) is 8.28. The quantitative estimate of drug-likeness (QED) is 0.104. The lowest BCUT2D eigenvalue weighted by atomic mass is 9.84. The molecule has 0 N–H and O–H groups in total. The number of hydrogen-bond donors (Lipinski definition) is 0. The minimum atomic E-state index is -0.312. The maximum atomic E-state index is 14.7. The zero-order valence-electron chi connectivity index (χ0n) is 22.3. The molecule has 1 heterocycles. The number of carbonyl (C=O) groups is 2. The van der Waals surface area contributed by atoms with Gasteiger partial charge in [0.25, 0.3) is 11.8 Å². The van der Waals surface area contributed by atoms with Gasteiger partial charge in [-0.2, -0.15) is 0 Å². The molecule has 0 aromatic heterocycles. The molecule has 6 heteroatoms. The summed E-state index contributed by atoms with van der Waals surface area (Å²) in [5.74, 6) is -0.362. The van der Waals surface area contributed by atoms with Gasteiger partial charge in [-0.3, -0.25) is 9.59 Å². The van der Waals surface area contributed by atoms with Crippen LogP contribution in [0.5, 0.6) is 0 Å². The Labute approximate surface area is 257 Å². The first-order chi connectivity index (χ1) is 19.1. The predicted molar refractivity (Wildman–Crippen MR) is 177 cm³/mol. The van der Waals surface area contributed by atoms with Gasteiger partial charge in [0.1, 0.15) is 0 Å². The van der Waals surface area contributed by atoms with Crippen molar-refractivity contribution >= 4 is 108 Å². The second-order valence-electron chi connectivity index (χ2n) is 11.2. The Balaban J connectivity index is 1.68. The molecule has 0 spiro atoms. The van der Waals surface area contributed by atoms with Crippen molar-refractivity contribution in [2.24, 2.45) is 0 Å². The highest BCUT2D eigenvalue weighted by atomic mass is 79.9. The Kier molecular flexibility index (Phi) is 5.94. The van der Waals surface area contributed by atoms with Gasteiger partial charge >= 0.3 is 0 Å². The van der Waals surface area contributed by atoms with Crippen molar-refractivity contribution in [3.63, 3.8) is 0 Å². The molecule has 0 radical (unpaired) electrons. The van der Waals surface area contributed by atoms with Crippen molar-refractivity contribution in [2.45, 2.75) is 39.5 Å². The summed E-state index contributed by atoms with van der Waals surface area (Å²) < 4.78 is 2.16. The van der Waals surface area contributed by atoms with Crippen molar-refractivity contribution in [3.8, 4) is 0 Å². The lowest BCUT2D eigenvalue weighted by Crippen LogP contribution is -2.42. The number of halogens is 3. The minimum absolute atomic E-state index is 0.127. The molecule has 0 fully saturated rings. The van der Waals surface area contributed by atoms with Crippen LogP contribution in [0.2, 0.25) is 0 Å². The van der Waals surface area contributed by atoms with E-state index in [-0.39, 0.29) is 23.7 Å². The van der Waals surface area contributed by atoms with Crippen LogP contribution in [-0.4, -0.2) is 11.8 Å². The van der Waals surface area contributed by atoms with Gasteiger partial charge < -0.3 is 0 Å². The third kappa shape index (κ3) is 3.33. The lowest BCUT2D eigenvalue weighted by molar-refractivity contribution is 0.0892. The summed E-state index contributed by atoms with van der Waals surface area (Å²) >= 11 is 11.5. The van der Waals surface area contributed by atoms with Crippen LogP contribution in [0.15, 0.2) is 74.1 Å². The Morgan fingerprint density at radius 1 is 0.600 bits per heavy atom. The molecule has 0 bridgehead atoms. The molecule has 0 saturated carbocycles. The van der Waals surface area contributed by atoms with Crippen molar-refractivity contribution in [1.29, 1.82) is 0 Å². The van der Waals surface area contributed by atoms with E-state index in [0.29, 0.717) is 31.1 Å². The fourth-order valence-electron chi connectivity index (χ4n) is 6.54. The molecule has 2 amide bonds. The van der Waals surface area contributed by atoms with Crippen molar-refractivity contribution < 1.29 is 9.59 Å². The number of rotatable bonds is 3. The van der Waals surface area contributed by atoms with Gasteiger partial charge in [0, 0.05) is 29.6 Å². The fourth-order valence-corrected chi connectivity index (χ4v) is 8.31. The molecule has 7 rings (SSSR count). The topological polar surface area (TPSA) is 37.4 Å². The number of anilines is 1. The molecular weight excluding hydrogens is 694 g/mol. The predicted octanol–water partition coefficient (Wildman–Crippen LogP) is 11.1. The van der Waals surface area contributed by atoms with Crippen LogP contribution in [-0.2, 0) is 0 Å². The summed E-state index contributed by atoms with van der Waals surface area (Å²) in [5.41, 5.74) is 3.68. The maximum Gasteiger partial charge on any atom is 0.267 e. The molecule has 1 aliphatic rings. The molecule has 0 saturated heterocycles. The molecule has 198 valence electrons. The van der Waals surface area contributed by atoms with Gasteiger partial charge in [0.2, 0.25) is 0 Å². The summed E-state index contributed by atoms with van der Waals surface area (Å²) in [6.45, 7) is 8.39. The number of benzene rings is 6. The molecular formula is C34H24Br3NO2. The number of fused-ring (bicyclic) bond motifs is 2. The zero-order valence-corrected chi connectivity index (χ0v) is 27.1. The second kappa shape index (κ2) is 9.10. The average molecular weight is 718 g/mol. The van der Waals surface area contributed by atoms with Crippen LogP contribution >= 0.6 is 47.8 Å². The van der Waals surface area contributed by atoms with Gasteiger partial charge in [-0.05, 0) is 104 Å². The number of imide groups is 1. The monoisotopic (exact) mass is 715 g/mol. The van der Waals surface area contributed by atoms with E-state index in [9.17, 15) is 9.59 Å². The van der Waals surface area contributed by atoms with Crippen molar-refractivity contribution in [1.82, 2.24) is 0 Å². The van der Waals surface area contributed by atoms with Crippen LogP contribution in [0.25, 0.3) is 43.1 Å². The first kappa shape index (κ1) is 26.1. The van der Waals surface area contributed by atoms with E-state index < -0.39 is 0 Å². The van der Waals surface area contributed by atoms with Crippen LogP contribution in [0.1, 0.15) is 71.4 Å². The first-order valence-electron chi connectivity index (χ1n) is 13.3. The van der Waals surface area contributed by atoms with E-state index in [4.69, 9.17) is 0 Å². The number of nitrogens with zero attached hydrogens (tertiary/aromatic N) is 1. The number of amides is 2. The minimum Gasteiger partial charge on any atom is -0.268 e. The van der Waals surface area contributed by atoms with E-state index in [1.54, 1.807) is 0 Å². The second-order valence-corrected chi connectivity index (χ2v) is 13.6. The van der Waals surface area contributed by atoms with Crippen LogP contribution in [0.4, 0.5) is 5.69 Å².